The number of amides is 1. The standard InChI is InChI=1S/C19H22N2O2S/c1-14(2)24(23)18-9-5-16(6-10-18)19(22)21(17-7-8-17)13-15-4-3-11-20-12-15/h3-6,9-12,14,17H,7-8,13H2,1-2H3/t24-/m1/s1. The van der Waals surface area contributed by atoms with Crippen LogP contribution in [0.5, 0.6) is 0 Å². The molecule has 0 spiro atoms. The zero-order valence-electron chi connectivity index (χ0n) is 14.0. The molecule has 1 amide bonds. The Hall–Kier alpha value is -2.01. The van der Waals surface area contributed by atoms with Gasteiger partial charge in [0, 0.05) is 40.7 Å². The van der Waals surface area contributed by atoms with Crippen LogP contribution in [-0.2, 0) is 17.3 Å². The number of hydrogen-bond donors (Lipinski definition) is 0. The normalized spacial score (nSPS) is 15.3. The van der Waals surface area contributed by atoms with Gasteiger partial charge in [0.15, 0.2) is 0 Å². The fraction of sp³-hybridized carbons (Fsp3) is 0.368. The van der Waals surface area contributed by atoms with Crippen LogP contribution in [-0.4, -0.2) is 31.3 Å². The van der Waals surface area contributed by atoms with Gasteiger partial charge in [-0.05, 0) is 48.7 Å². The summed E-state index contributed by atoms with van der Waals surface area (Å²) in [4.78, 5) is 19.7. The summed E-state index contributed by atoms with van der Waals surface area (Å²) in [7, 11) is -1.03. The third kappa shape index (κ3) is 3.90. The van der Waals surface area contributed by atoms with Gasteiger partial charge in [0.25, 0.3) is 5.91 Å². The second kappa shape index (κ2) is 7.26. The second-order valence-electron chi connectivity index (χ2n) is 6.40. The van der Waals surface area contributed by atoms with E-state index in [1.54, 1.807) is 36.7 Å². The lowest BCUT2D eigenvalue weighted by molar-refractivity contribution is 0.0729. The molecule has 1 saturated carbocycles. The maximum absolute atomic E-state index is 12.9. The summed E-state index contributed by atoms with van der Waals surface area (Å²) in [6.45, 7) is 4.44. The molecule has 0 bridgehead atoms. The van der Waals surface area contributed by atoms with Crippen LogP contribution in [0.2, 0.25) is 0 Å². The van der Waals surface area contributed by atoms with Crippen molar-refractivity contribution in [2.75, 3.05) is 0 Å². The molecule has 0 radical (unpaired) electrons. The van der Waals surface area contributed by atoms with Gasteiger partial charge in [-0.3, -0.25) is 14.0 Å². The average molecular weight is 342 g/mol. The third-order valence-corrected chi connectivity index (χ3v) is 5.68. The van der Waals surface area contributed by atoms with Crippen LogP contribution < -0.4 is 0 Å². The van der Waals surface area contributed by atoms with E-state index in [4.69, 9.17) is 0 Å². The molecule has 0 aliphatic heterocycles. The van der Waals surface area contributed by atoms with Crippen LogP contribution in [0.15, 0.2) is 53.7 Å². The van der Waals surface area contributed by atoms with Gasteiger partial charge < -0.3 is 4.90 Å². The summed E-state index contributed by atoms with van der Waals surface area (Å²) >= 11 is 0. The Morgan fingerprint density at radius 1 is 1.25 bits per heavy atom. The van der Waals surface area contributed by atoms with E-state index in [1.165, 1.54) is 0 Å². The van der Waals surface area contributed by atoms with Gasteiger partial charge >= 0.3 is 0 Å². The van der Waals surface area contributed by atoms with E-state index < -0.39 is 10.8 Å². The van der Waals surface area contributed by atoms with Crippen LogP contribution in [0.25, 0.3) is 0 Å². The zero-order chi connectivity index (χ0) is 17.1. The molecule has 1 aromatic heterocycles. The van der Waals surface area contributed by atoms with Crippen molar-refractivity contribution < 1.29 is 9.00 Å². The van der Waals surface area contributed by atoms with E-state index in [1.807, 2.05) is 30.9 Å². The molecule has 0 saturated heterocycles. The summed E-state index contributed by atoms with van der Waals surface area (Å²) in [6, 6.07) is 11.4. The van der Waals surface area contributed by atoms with E-state index >= 15 is 0 Å². The number of benzene rings is 1. The van der Waals surface area contributed by atoms with Gasteiger partial charge in [0.1, 0.15) is 0 Å². The van der Waals surface area contributed by atoms with E-state index in [9.17, 15) is 9.00 Å². The molecule has 5 heteroatoms. The number of carbonyl (C=O) groups is 1. The molecule has 1 fully saturated rings. The molecule has 4 nitrogen and oxygen atoms in total. The summed E-state index contributed by atoms with van der Waals surface area (Å²) in [5.74, 6) is 0.0308. The van der Waals surface area contributed by atoms with Crippen molar-refractivity contribution in [1.82, 2.24) is 9.88 Å². The molecule has 3 rings (SSSR count). The average Bonchev–Trinajstić information content (AvgIpc) is 3.44. The maximum Gasteiger partial charge on any atom is 0.254 e. The maximum atomic E-state index is 12.9. The highest BCUT2D eigenvalue weighted by Crippen LogP contribution is 2.30. The summed E-state index contributed by atoms with van der Waals surface area (Å²) in [6.07, 6.45) is 5.65. The minimum absolute atomic E-state index is 0.0308. The molecule has 24 heavy (non-hydrogen) atoms. The van der Waals surface area contributed by atoms with Crippen LogP contribution in [0.3, 0.4) is 0 Å². The van der Waals surface area contributed by atoms with Gasteiger partial charge in [0.2, 0.25) is 0 Å². The van der Waals surface area contributed by atoms with Crippen LogP contribution in [0, 0.1) is 0 Å². The molecule has 1 atom stereocenters. The van der Waals surface area contributed by atoms with Crippen LogP contribution in [0.4, 0.5) is 0 Å². The Balaban J connectivity index is 1.77. The number of aromatic nitrogens is 1. The molecule has 2 aromatic rings. The minimum atomic E-state index is -1.03. The number of carbonyl (C=O) groups excluding carboxylic acids is 1. The van der Waals surface area contributed by atoms with Crippen molar-refractivity contribution in [1.29, 1.82) is 0 Å². The van der Waals surface area contributed by atoms with Crippen LogP contribution >= 0.6 is 0 Å². The number of nitrogens with zero attached hydrogens (tertiary/aromatic N) is 2. The minimum Gasteiger partial charge on any atom is -0.331 e. The topological polar surface area (TPSA) is 50.3 Å². The van der Waals surface area contributed by atoms with E-state index in [-0.39, 0.29) is 11.2 Å². The first-order valence-corrected chi connectivity index (χ1v) is 9.48. The number of pyridine rings is 1. The van der Waals surface area contributed by atoms with E-state index in [0.717, 1.165) is 23.3 Å². The van der Waals surface area contributed by atoms with Gasteiger partial charge in [-0.15, -0.1) is 0 Å². The monoisotopic (exact) mass is 342 g/mol. The summed E-state index contributed by atoms with van der Waals surface area (Å²) in [5, 5.41) is 0.0695. The highest BCUT2D eigenvalue weighted by Gasteiger charge is 2.33. The quantitative estimate of drug-likeness (QED) is 0.808. The Bertz CT molecular complexity index is 725. The first kappa shape index (κ1) is 16.8. The molecule has 1 heterocycles. The predicted octanol–water partition coefficient (Wildman–Crippen LogP) is 3.40. The molecule has 0 unspecified atom stereocenters. The lowest BCUT2D eigenvalue weighted by Gasteiger charge is -2.22. The van der Waals surface area contributed by atoms with Crippen molar-refractivity contribution in [3.8, 4) is 0 Å². The molecule has 1 aromatic carbocycles. The first-order chi connectivity index (χ1) is 11.6. The molecular weight excluding hydrogens is 320 g/mol. The molecule has 1 aliphatic rings. The number of hydrogen-bond acceptors (Lipinski definition) is 3. The largest absolute Gasteiger partial charge is 0.331 e. The van der Waals surface area contributed by atoms with Crippen molar-refractivity contribution in [2.24, 2.45) is 0 Å². The highest BCUT2D eigenvalue weighted by atomic mass is 32.2. The zero-order valence-corrected chi connectivity index (χ0v) is 14.8. The third-order valence-electron chi connectivity index (χ3n) is 4.09. The fourth-order valence-electron chi connectivity index (χ4n) is 2.61. The van der Waals surface area contributed by atoms with Gasteiger partial charge in [0.05, 0.1) is 10.8 Å². The first-order valence-electron chi connectivity index (χ1n) is 8.27. The Kier molecular flexibility index (Phi) is 5.09. The Morgan fingerprint density at radius 3 is 2.50 bits per heavy atom. The van der Waals surface area contributed by atoms with Crippen molar-refractivity contribution in [3.63, 3.8) is 0 Å². The Morgan fingerprint density at radius 2 is 1.96 bits per heavy atom. The smallest absolute Gasteiger partial charge is 0.254 e. The number of rotatable bonds is 6. The molecule has 0 N–H and O–H groups in total. The predicted molar refractivity (Wildman–Crippen MR) is 95.1 cm³/mol. The lowest BCUT2D eigenvalue weighted by Crippen LogP contribution is -2.32. The summed E-state index contributed by atoms with van der Waals surface area (Å²) < 4.78 is 12.1. The molecular formula is C19H22N2O2S. The van der Waals surface area contributed by atoms with Crippen LogP contribution in [0.1, 0.15) is 42.6 Å². The fourth-order valence-corrected chi connectivity index (χ4v) is 3.56. The molecule has 1 aliphatic carbocycles. The van der Waals surface area contributed by atoms with Crippen molar-refractivity contribution >= 4 is 16.7 Å². The van der Waals surface area contributed by atoms with Gasteiger partial charge in [-0.25, -0.2) is 0 Å². The summed E-state index contributed by atoms with van der Waals surface area (Å²) in [5.41, 5.74) is 1.69. The lowest BCUT2D eigenvalue weighted by atomic mass is 10.1. The van der Waals surface area contributed by atoms with E-state index in [2.05, 4.69) is 4.98 Å². The van der Waals surface area contributed by atoms with Crippen molar-refractivity contribution in [2.45, 2.75) is 49.4 Å². The van der Waals surface area contributed by atoms with Gasteiger partial charge in [-0.1, -0.05) is 19.9 Å². The second-order valence-corrected chi connectivity index (χ2v) is 8.41. The van der Waals surface area contributed by atoms with Gasteiger partial charge in [-0.2, -0.15) is 0 Å². The highest BCUT2D eigenvalue weighted by molar-refractivity contribution is 7.85. The van der Waals surface area contributed by atoms with Crippen molar-refractivity contribution in [3.05, 3.63) is 59.9 Å². The SMILES string of the molecule is CC(C)[S@@](=O)c1ccc(C(=O)N(Cc2cccnc2)C2CC2)cc1. The molecule has 126 valence electrons. The Labute approximate surface area is 145 Å². The van der Waals surface area contributed by atoms with E-state index in [0.29, 0.717) is 18.2 Å².